The van der Waals surface area contributed by atoms with Gasteiger partial charge in [-0.05, 0) is 32.2 Å². The summed E-state index contributed by atoms with van der Waals surface area (Å²) < 4.78 is 2.23. The zero-order chi connectivity index (χ0) is 11.5. The molecular formula is C12H22N4. The fourth-order valence-electron chi connectivity index (χ4n) is 2.48. The Labute approximate surface area is 97.5 Å². The predicted octanol–water partition coefficient (Wildman–Crippen LogP) is 1.79. The summed E-state index contributed by atoms with van der Waals surface area (Å²) in [5, 5.41) is 11.9. The van der Waals surface area contributed by atoms with Gasteiger partial charge >= 0.3 is 0 Å². The lowest BCUT2D eigenvalue weighted by molar-refractivity contribution is 0.357. The molecule has 1 saturated heterocycles. The van der Waals surface area contributed by atoms with Gasteiger partial charge in [0.05, 0.1) is 0 Å². The first kappa shape index (κ1) is 11.6. The van der Waals surface area contributed by atoms with Gasteiger partial charge in [0, 0.05) is 18.5 Å². The van der Waals surface area contributed by atoms with Crippen LogP contribution >= 0.6 is 0 Å². The van der Waals surface area contributed by atoms with E-state index in [9.17, 15) is 0 Å². The van der Waals surface area contributed by atoms with Crippen LogP contribution in [0.2, 0.25) is 0 Å². The minimum Gasteiger partial charge on any atom is -0.317 e. The number of nitrogens with zero attached hydrogens (tertiary/aromatic N) is 3. The summed E-state index contributed by atoms with van der Waals surface area (Å²) in [5.41, 5.74) is 0. The molecule has 0 radical (unpaired) electrons. The zero-order valence-corrected chi connectivity index (χ0v) is 10.5. The van der Waals surface area contributed by atoms with Crippen molar-refractivity contribution in [3.8, 4) is 0 Å². The van der Waals surface area contributed by atoms with Gasteiger partial charge in [-0.3, -0.25) is 0 Å². The average molecular weight is 222 g/mol. The summed E-state index contributed by atoms with van der Waals surface area (Å²) >= 11 is 0. The van der Waals surface area contributed by atoms with Crippen LogP contribution in [-0.2, 0) is 6.54 Å². The fourth-order valence-corrected chi connectivity index (χ4v) is 2.48. The van der Waals surface area contributed by atoms with Crippen LogP contribution in [0.25, 0.3) is 0 Å². The van der Waals surface area contributed by atoms with Crippen LogP contribution in [-0.4, -0.2) is 27.4 Å². The fraction of sp³-hybridized carbons (Fsp3) is 0.833. The van der Waals surface area contributed by atoms with Crippen LogP contribution in [0.1, 0.15) is 45.4 Å². The van der Waals surface area contributed by atoms with Gasteiger partial charge in [-0.25, -0.2) is 0 Å². The maximum atomic E-state index is 4.31. The van der Waals surface area contributed by atoms with E-state index in [1.54, 1.807) is 0 Å². The van der Waals surface area contributed by atoms with Crippen LogP contribution in [0.3, 0.4) is 0 Å². The SMILES string of the molecule is CC(C)Cn1cnnc1C1CCNC(C)C1. The largest absolute Gasteiger partial charge is 0.317 e. The van der Waals surface area contributed by atoms with Crippen molar-refractivity contribution in [1.82, 2.24) is 20.1 Å². The van der Waals surface area contributed by atoms with E-state index >= 15 is 0 Å². The van der Waals surface area contributed by atoms with Gasteiger partial charge in [-0.1, -0.05) is 13.8 Å². The van der Waals surface area contributed by atoms with E-state index in [2.05, 4.69) is 40.9 Å². The minimum absolute atomic E-state index is 0.581. The molecule has 1 aromatic heterocycles. The van der Waals surface area contributed by atoms with Gasteiger partial charge in [-0.2, -0.15) is 0 Å². The van der Waals surface area contributed by atoms with Crippen molar-refractivity contribution in [2.75, 3.05) is 6.54 Å². The van der Waals surface area contributed by atoms with Gasteiger partial charge < -0.3 is 9.88 Å². The molecule has 1 aliphatic heterocycles. The van der Waals surface area contributed by atoms with Crippen molar-refractivity contribution < 1.29 is 0 Å². The molecule has 90 valence electrons. The predicted molar refractivity (Wildman–Crippen MR) is 64.3 cm³/mol. The van der Waals surface area contributed by atoms with E-state index in [1.165, 1.54) is 18.7 Å². The quantitative estimate of drug-likeness (QED) is 0.848. The Kier molecular flexibility index (Phi) is 3.59. The molecule has 16 heavy (non-hydrogen) atoms. The molecular weight excluding hydrogens is 200 g/mol. The Balaban J connectivity index is 2.10. The summed E-state index contributed by atoms with van der Waals surface area (Å²) in [4.78, 5) is 0. The molecule has 4 heteroatoms. The van der Waals surface area contributed by atoms with E-state index in [4.69, 9.17) is 0 Å². The highest BCUT2D eigenvalue weighted by molar-refractivity contribution is 5.00. The second-order valence-electron chi connectivity index (χ2n) is 5.31. The molecule has 0 amide bonds. The van der Waals surface area contributed by atoms with Crippen LogP contribution < -0.4 is 5.32 Å². The maximum Gasteiger partial charge on any atom is 0.136 e. The lowest BCUT2D eigenvalue weighted by atomic mass is 9.92. The maximum absolute atomic E-state index is 4.31. The second kappa shape index (κ2) is 4.95. The average Bonchev–Trinajstić information content (AvgIpc) is 2.65. The first-order valence-corrected chi connectivity index (χ1v) is 6.28. The standard InChI is InChI=1S/C12H22N4/c1-9(2)7-16-8-14-15-12(16)11-4-5-13-10(3)6-11/h8-11,13H,4-7H2,1-3H3. The van der Waals surface area contributed by atoms with Gasteiger partial charge in [0.2, 0.25) is 0 Å². The van der Waals surface area contributed by atoms with Gasteiger partial charge in [0.15, 0.2) is 0 Å². The Morgan fingerprint density at radius 1 is 1.56 bits per heavy atom. The molecule has 2 atom stereocenters. The molecule has 2 unspecified atom stereocenters. The minimum atomic E-state index is 0.581. The monoisotopic (exact) mass is 222 g/mol. The van der Waals surface area contributed by atoms with E-state index in [0.29, 0.717) is 17.9 Å². The molecule has 0 saturated carbocycles. The molecule has 1 aromatic rings. The van der Waals surface area contributed by atoms with E-state index in [1.807, 2.05) is 6.33 Å². The van der Waals surface area contributed by atoms with Crippen molar-refractivity contribution in [3.05, 3.63) is 12.2 Å². The molecule has 1 N–H and O–H groups in total. The summed E-state index contributed by atoms with van der Waals surface area (Å²) in [5.74, 6) is 2.41. The van der Waals surface area contributed by atoms with Gasteiger partial charge in [-0.15, -0.1) is 10.2 Å². The number of hydrogen-bond acceptors (Lipinski definition) is 3. The van der Waals surface area contributed by atoms with Crippen molar-refractivity contribution >= 4 is 0 Å². The lowest BCUT2D eigenvalue weighted by Crippen LogP contribution is -2.35. The number of aromatic nitrogens is 3. The van der Waals surface area contributed by atoms with Crippen molar-refractivity contribution in [3.63, 3.8) is 0 Å². The molecule has 1 aliphatic rings. The molecule has 0 aromatic carbocycles. The summed E-state index contributed by atoms with van der Waals surface area (Å²) in [6, 6.07) is 0.600. The number of rotatable bonds is 3. The molecule has 4 nitrogen and oxygen atoms in total. The highest BCUT2D eigenvalue weighted by Crippen LogP contribution is 2.26. The Morgan fingerprint density at radius 3 is 3.06 bits per heavy atom. The van der Waals surface area contributed by atoms with E-state index in [0.717, 1.165) is 13.1 Å². The first-order chi connectivity index (χ1) is 7.66. The van der Waals surface area contributed by atoms with Crippen molar-refractivity contribution in [2.45, 2.75) is 52.1 Å². The molecule has 0 bridgehead atoms. The van der Waals surface area contributed by atoms with Crippen LogP contribution in [0, 0.1) is 5.92 Å². The number of piperidine rings is 1. The summed E-state index contributed by atoms with van der Waals surface area (Å²) in [6.07, 6.45) is 4.24. The summed E-state index contributed by atoms with van der Waals surface area (Å²) in [7, 11) is 0. The number of nitrogens with one attached hydrogen (secondary N) is 1. The van der Waals surface area contributed by atoms with Gasteiger partial charge in [0.25, 0.3) is 0 Å². The molecule has 0 spiro atoms. The normalized spacial score (nSPS) is 26.2. The topological polar surface area (TPSA) is 42.7 Å². The van der Waals surface area contributed by atoms with E-state index in [-0.39, 0.29) is 0 Å². The third-order valence-corrected chi connectivity index (χ3v) is 3.20. The van der Waals surface area contributed by atoms with Crippen LogP contribution in [0.4, 0.5) is 0 Å². The Hall–Kier alpha value is -0.900. The molecule has 2 rings (SSSR count). The van der Waals surface area contributed by atoms with Crippen molar-refractivity contribution in [2.24, 2.45) is 5.92 Å². The molecule has 0 aliphatic carbocycles. The van der Waals surface area contributed by atoms with Gasteiger partial charge in [0.1, 0.15) is 12.2 Å². The Bertz CT molecular complexity index is 332. The third kappa shape index (κ3) is 2.61. The zero-order valence-electron chi connectivity index (χ0n) is 10.5. The highest BCUT2D eigenvalue weighted by Gasteiger charge is 2.24. The highest BCUT2D eigenvalue weighted by atomic mass is 15.3. The summed E-state index contributed by atoms with van der Waals surface area (Å²) in [6.45, 7) is 8.83. The molecule has 2 heterocycles. The first-order valence-electron chi connectivity index (χ1n) is 6.28. The van der Waals surface area contributed by atoms with Crippen LogP contribution in [0.5, 0.6) is 0 Å². The molecule has 1 fully saturated rings. The van der Waals surface area contributed by atoms with Crippen LogP contribution in [0.15, 0.2) is 6.33 Å². The lowest BCUT2D eigenvalue weighted by Gasteiger charge is -2.27. The smallest absolute Gasteiger partial charge is 0.136 e. The third-order valence-electron chi connectivity index (χ3n) is 3.20. The van der Waals surface area contributed by atoms with Crippen molar-refractivity contribution in [1.29, 1.82) is 0 Å². The second-order valence-corrected chi connectivity index (χ2v) is 5.31. The number of hydrogen-bond donors (Lipinski definition) is 1. The van der Waals surface area contributed by atoms with E-state index < -0.39 is 0 Å². The Morgan fingerprint density at radius 2 is 2.38 bits per heavy atom.